The highest BCUT2D eigenvalue weighted by molar-refractivity contribution is 5.95. The van der Waals surface area contributed by atoms with Gasteiger partial charge in [0.15, 0.2) is 0 Å². The van der Waals surface area contributed by atoms with Crippen LogP contribution in [0.15, 0.2) is 24.3 Å². The summed E-state index contributed by atoms with van der Waals surface area (Å²) in [7, 11) is 0. The first-order chi connectivity index (χ1) is 9.81. The molecule has 1 amide bonds. The molecule has 0 aliphatic carbocycles. The van der Waals surface area contributed by atoms with E-state index in [-0.39, 0.29) is 11.5 Å². The van der Waals surface area contributed by atoms with Crippen LogP contribution < -0.4 is 5.32 Å². The second kappa shape index (κ2) is 7.57. The molecular formula is C16H20FNO3. The van der Waals surface area contributed by atoms with E-state index in [0.29, 0.717) is 18.0 Å². The van der Waals surface area contributed by atoms with Gasteiger partial charge in [-0.3, -0.25) is 4.79 Å². The normalized spacial score (nSPS) is 12.6. The molecule has 1 unspecified atom stereocenters. The number of aliphatic carboxylic acids is 1. The fraction of sp³-hybridized carbons (Fsp3) is 0.375. The zero-order valence-corrected chi connectivity index (χ0v) is 12.4. The second-order valence-electron chi connectivity index (χ2n) is 5.34. The molecule has 4 nitrogen and oxygen atoms in total. The van der Waals surface area contributed by atoms with Crippen molar-refractivity contribution in [2.45, 2.75) is 20.8 Å². The molecule has 0 saturated carbocycles. The highest BCUT2D eigenvalue weighted by atomic mass is 19.1. The summed E-state index contributed by atoms with van der Waals surface area (Å²) in [5.74, 6) is -1.52. The lowest BCUT2D eigenvalue weighted by Gasteiger charge is -2.16. The van der Waals surface area contributed by atoms with Gasteiger partial charge >= 0.3 is 5.97 Å². The summed E-state index contributed by atoms with van der Waals surface area (Å²) >= 11 is 0. The van der Waals surface area contributed by atoms with Gasteiger partial charge in [-0.15, -0.1) is 0 Å². The van der Waals surface area contributed by atoms with Crippen LogP contribution in [0.5, 0.6) is 0 Å². The number of carboxylic acids is 1. The Bertz CT molecular complexity index is 552. The molecule has 1 rings (SSSR count). The minimum atomic E-state index is -1.10. The van der Waals surface area contributed by atoms with E-state index in [1.54, 1.807) is 0 Å². The molecule has 1 atom stereocenters. The summed E-state index contributed by atoms with van der Waals surface area (Å²) in [6.45, 7) is 6.57. The Kier molecular flexibility index (Phi) is 6.09. The first-order valence-corrected chi connectivity index (χ1v) is 6.80. The maximum atomic E-state index is 13.7. The number of rotatable bonds is 6. The Morgan fingerprint density at radius 1 is 1.33 bits per heavy atom. The average molecular weight is 293 g/mol. The van der Waals surface area contributed by atoms with Crippen molar-refractivity contribution in [3.63, 3.8) is 0 Å². The van der Waals surface area contributed by atoms with Gasteiger partial charge in [-0.2, -0.15) is 0 Å². The van der Waals surface area contributed by atoms with Crippen LogP contribution in [0.1, 0.15) is 36.7 Å². The van der Waals surface area contributed by atoms with Crippen LogP contribution in [0.2, 0.25) is 0 Å². The number of carboxylic acid groups (broad SMARTS) is 1. The number of halogens is 1. The van der Waals surface area contributed by atoms with Gasteiger partial charge in [0.1, 0.15) is 5.82 Å². The van der Waals surface area contributed by atoms with Gasteiger partial charge in [-0.05, 0) is 35.6 Å². The maximum absolute atomic E-state index is 13.7. The molecule has 5 heteroatoms. The van der Waals surface area contributed by atoms with Crippen LogP contribution in [0.3, 0.4) is 0 Å². The average Bonchev–Trinajstić information content (AvgIpc) is 2.43. The molecule has 2 N–H and O–H groups in total. The zero-order chi connectivity index (χ0) is 16.0. The minimum absolute atomic E-state index is 0.0847. The molecule has 0 spiro atoms. The first-order valence-electron chi connectivity index (χ1n) is 6.80. The van der Waals surface area contributed by atoms with Crippen molar-refractivity contribution in [1.82, 2.24) is 5.32 Å². The topological polar surface area (TPSA) is 66.4 Å². The van der Waals surface area contributed by atoms with Crippen molar-refractivity contribution in [2.75, 3.05) is 6.54 Å². The highest BCUT2D eigenvalue weighted by Gasteiger charge is 2.14. The molecular weight excluding hydrogens is 273 g/mol. The van der Waals surface area contributed by atoms with Gasteiger partial charge in [0.25, 0.3) is 5.91 Å². The Morgan fingerprint density at radius 3 is 2.57 bits per heavy atom. The third kappa shape index (κ3) is 5.38. The number of amides is 1. The highest BCUT2D eigenvalue weighted by Crippen LogP contribution is 2.13. The van der Waals surface area contributed by atoms with Gasteiger partial charge in [0, 0.05) is 12.6 Å². The molecule has 0 aromatic heterocycles. The third-order valence-corrected chi connectivity index (χ3v) is 3.38. The van der Waals surface area contributed by atoms with Crippen molar-refractivity contribution < 1.29 is 19.1 Å². The SMILES string of the molecule is CC(C)C(C)CNC(=O)c1cc(C=CC(=O)O)ccc1F. The molecule has 1 aromatic carbocycles. The molecule has 0 aliphatic heterocycles. The summed E-state index contributed by atoms with van der Waals surface area (Å²) in [4.78, 5) is 22.5. The van der Waals surface area contributed by atoms with Gasteiger partial charge in [-0.25, -0.2) is 9.18 Å². The fourth-order valence-corrected chi connectivity index (χ4v) is 1.57. The summed E-state index contributed by atoms with van der Waals surface area (Å²) in [6.07, 6.45) is 2.26. The van der Waals surface area contributed by atoms with Gasteiger partial charge in [0.2, 0.25) is 0 Å². The van der Waals surface area contributed by atoms with E-state index in [9.17, 15) is 14.0 Å². The number of nitrogens with one attached hydrogen (secondary N) is 1. The Hall–Kier alpha value is -2.17. The third-order valence-electron chi connectivity index (χ3n) is 3.38. The van der Waals surface area contributed by atoms with Crippen molar-refractivity contribution in [2.24, 2.45) is 11.8 Å². The molecule has 0 saturated heterocycles. The fourth-order valence-electron chi connectivity index (χ4n) is 1.57. The summed E-state index contributed by atoms with van der Waals surface area (Å²) in [5.41, 5.74) is 0.374. The molecule has 1 aromatic rings. The lowest BCUT2D eigenvalue weighted by molar-refractivity contribution is -0.131. The van der Waals surface area contributed by atoms with Crippen molar-refractivity contribution >= 4 is 18.0 Å². The number of benzene rings is 1. The molecule has 0 radical (unpaired) electrons. The quantitative estimate of drug-likeness (QED) is 0.792. The van der Waals surface area contributed by atoms with Crippen LogP contribution in [0.4, 0.5) is 4.39 Å². The van der Waals surface area contributed by atoms with Crippen molar-refractivity contribution in [3.8, 4) is 0 Å². The van der Waals surface area contributed by atoms with E-state index in [1.807, 2.05) is 6.92 Å². The molecule has 0 fully saturated rings. The molecule has 114 valence electrons. The predicted octanol–water partition coefficient (Wildman–Crippen LogP) is 2.95. The standard InChI is InChI=1S/C16H20FNO3/c1-10(2)11(3)9-18-16(21)13-8-12(4-6-14(13)17)5-7-15(19)20/h4-8,10-11H,9H2,1-3H3,(H,18,21)(H,19,20). The minimum Gasteiger partial charge on any atom is -0.478 e. The van der Waals surface area contributed by atoms with Crippen LogP contribution in [0.25, 0.3) is 6.08 Å². The Morgan fingerprint density at radius 2 is 2.00 bits per heavy atom. The largest absolute Gasteiger partial charge is 0.478 e. The Labute approximate surface area is 123 Å². The van der Waals surface area contributed by atoms with E-state index < -0.39 is 17.7 Å². The first kappa shape index (κ1) is 16.9. The molecule has 0 heterocycles. The van der Waals surface area contributed by atoms with E-state index in [4.69, 9.17) is 5.11 Å². The molecule has 0 aliphatic rings. The van der Waals surface area contributed by atoms with Crippen molar-refractivity contribution in [3.05, 3.63) is 41.2 Å². The lowest BCUT2D eigenvalue weighted by Crippen LogP contribution is -2.30. The predicted molar refractivity (Wildman–Crippen MR) is 79.4 cm³/mol. The van der Waals surface area contributed by atoms with Crippen LogP contribution in [-0.4, -0.2) is 23.5 Å². The molecule has 0 bridgehead atoms. The smallest absolute Gasteiger partial charge is 0.328 e. The number of carbonyl (C=O) groups excluding carboxylic acids is 1. The summed E-state index contributed by atoms with van der Waals surface area (Å²) in [6, 6.07) is 3.91. The van der Waals surface area contributed by atoms with Gasteiger partial charge < -0.3 is 10.4 Å². The van der Waals surface area contributed by atoms with Gasteiger partial charge in [-0.1, -0.05) is 26.8 Å². The van der Waals surface area contributed by atoms with Crippen molar-refractivity contribution in [1.29, 1.82) is 0 Å². The Balaban J connectivity index is 2.83. The van der Waals surface area contributed by atoms with Gasteiger partial charge in [0.05, 0.1) is 5.56 Å². The van der Waals surface area contributed by atoms with E-state index >= 15 is 0 Å². The number of hydrogen-bond acceptors (Lipinski definition) is 2. The van der Waals surface area contributed by atoms with Crippen LogP contribution in [-0.2, 0) is 4.79 Å². The maximum Gasteiger partial charge on any atom is 0.328 e. The van der Waals surface area contributed by atoms with E-state index in [0.717, 1.165) is 12.1 Å². The monoisotopic (exact) mass is 293 g/mol. The summed E-state index contributed by atoms with van der Waals surface area (Å²) in [5, 5.41) is 11.3. The van der Waals surface area contributed by atoms with E-state index in [1.165, 1.54) is 18.2 Å². The lowest BCUT2D eigenvalue weighted by atomic mass is 9.98. The zero-order valence-electron chi connectivity index (χ0n) is 12.4. The van der Waals surface area contributed by atoms with E-state index in [2.05, 4.69) is 19.2 Å². The van der Waals surface area contributed by atoms with Crippen LogP contribution in [0, 0.1) is 17.7 Å². The summed E-state index contributed by atoms with van der Waals surface area (Å²) < 4.78 is 13.7. The number of carbonyl (C=O) groups is 2. The second-order valence-corrected chi connectivity index (χ2v) is 5.34. The van der Waals surface area contributed by atoms with Crippen LogP contribution >= 0.6 is 0 Å². The molecule has 21 heavy (non-hydrogen) atoms. The number of hydrogen-bond donors (Lipinski definition) is 2.